The van der Waals surface area contributed by atoms with Gasteiger partial charge in [0.05, 0.1) is 5.69 Å². The maximum atomic E-state index is 12.8. The van der Waals surface area contributed by atoms with E-state index in [2.05, 4.69) is 27.4 Å². The van der Waals surface area contributed by atoms with Crippen molar-refractivity contribution in [2.45, 2.75) is 45.6 Å². The molecule has 1 aliphatic carbocycles. The summed E-state index contributed by atoms with van der Waals surface area (Å²) in [4.78, 5) is 46.7. The molecule has 1 amide bonds. The van der Waals surface area contributed by atoms with Gasteiger partial charge in [-0.1, -0.05) is 6.07 Å². The number of carbonyl (C=O) groups is 1. The minimum Gasteiger partial charge on any atom is -0.438 e. The number of nitrogens with one attached hydrogen (secondary N) is 2. The van der Waals surface area contributed by atoms with Crippen molar-refractivity contribution in [2.24, 2.45) is 5.92 Å². The highest BCUT2D eigenvalue weighted by Crippen LogP contribution is 2.26. The number of carbonyl (C=O) groups excluding carboxylic acids is 1. The number of aryl methyl sites for hydroxylation is 3. The summed E-state index contributed by atoms with van der Waals surface area (Å²) in [5.74, 6) is 0.415. The fourth-order valence-corrected chi connectivity index (χ4v) is 4.87. The summed E-state index contributed by atoms with van der Waals surface area (Å²) in [5.41, 5.74) is 3.27. The number of anilines is 2. The summed E-state index contributed by atoms with van der Waals surface area (Å²) in [7, 11) is 0. The third-order valence-corrected chi connectivity index (χ3v) is 6.58. The number of hydrogen-bond donors (Lipinski definition) is 2. The number of rotatable bonds is 5. The predicted octanol–water partition coefficient (Wildman–Crippen LogP) is 2.62. The molecule has 1 atom stereocenters. The van der Waals surface area contributed by atoms with Gasteiger partial charge in [0.2, 0.25) is 5.76 Å². The van der Waals surface area contributed by atoms with Crippen LogP contribution in [0.15, 0.2) is 44.7 Å². The number of oxazole rings is 1. The standard InChI is InChI=1S/C24H27N5O4/c1-15-22(33-14-25-15)23(31)28-9-3-4-16(12-28)13-29-21(30)11-20(27-24(29)32)26-19-8-7-17-5-2-6-18(17)10-19/h7-8,10-11,14,16,26H,2-6,9,12-13H2,1H3,(H,27,32). The minimum atomic E-state index is -0.458. The minimum absolute atomic E-state index is 0.000229. The van der Waals surface area contributed by atoms with Gasteiger partial charge in [-0.3, -0.25) is 19.1 Å². The molecule has 1 aromatic carbocycles. The van der Waals surface area contributed by atoms with Crippen LogP contribution in [0.1, 0.15) is 46.6 Å². The highest BCUT2D eigenvalue weighted by Gasteiger charge is 2.28. The fourth-order valence-electron chi connectivity index (χ4n) is 4.87. The Balaban J connectivity index is 1.29. The average molecular weight is 450 g/mol. The number of H-pyrrole nitrogens is 1. The van der Waals surface area contributed by atoms with E-state index in [4.69, 9.17) is 4.42 Å². The van der Waals surface area contributed by atoms with Gasteiger partial charge in [0.25, 0.3) is 11.5 Å². The third kappa shape index (κ3) is 4.35. The molecule has 2 aliphatic rings. The molecule has 1 unspecified atom stereocenters. The molecule has 2 N–H and O–H groups in total. The first-order chi connectivity index (χ1) is 16.0. The van der Waals surface area contributed by atoms with Crippen LogP contribution in [0.3, 0.4) is 0 Å². The maximum absolute atomic E-state index is 12.8. The van der Waals surface area contributed by atoms with E-state index in [0.29, 0.717) is 24.6 Å². The van der Waals surface area contributed by atoms with E-state index < -0.39 is 5.69 Å². The first kappa shape index (κ1) is 21.2. The predicted molar refractivity (Wildman–Crippen MR) is 123 cm³/mol. The first-order valence-electron chi connectivity index (χ1n) is 11.4. The number of aromatic nitrogens is 3. The van der Waals surface area contributed by atoms with Crippen molar-refractivity contribution < 1.29 is 9.21 Å². The van der Waals surface area contributed by atoms with Gasteiger partial charge >= 0.3 is 5.69 Å². The number of nitrogens with zero attached hydrogens (tertiary/aromatic N) is 3. The van der Waals surface area contributed by atoms with Crippen LogP contribution in [-0.4, -0.2) is 38.4 Å². The monoisotopic (exact) mass is 449 g/mol. The van der Waals surface area contributed by atoms with Gasteiger partial charge in [0, 0.05) is 31.4 Å². The molecule has 9 heteroatoms. The van der Waals surface area contributed by atoms with Crippen LogP contribution < -0.4 is 16.6 Å². The van der Waals surface area contributed by atoms with E-state index in [-0.39, 0.29) is 29.7 Å². The van der Waals surface area contributed by atoms with E-state index in [9.17, 15) is 14.4 Å². The van der Waals surface area contributed by atoms with E-state index in [0.717, 1.165) is 37.8 Å². The lowest BCUT2D eigenvalue weighted by Gasteiger charge is -2.32. The maximum Gasteiger partial charge on any atom is 0.329 e. The molecule has 33 heavy (non-hydrogen) atoms. The van der Waals surface area contributed by atoms with Crippen molar-refractivity contribution in [2.75, 3.05) is 18.4 Å². The van der Waals surface area contributed by atoms with Crippen molar-refractivity contribution in [3.05, 3.63) is 74.1 Å². The summed E-state index contributed by atoms with van der Waals surface area (Å²) in [6.45, 7) is 3.06. The second-order valence-electron chi connectivity index (χ2n) is 8.93. The topological polar surface area (TPSA) is 113 Å². The van der Waals surface area contributed by atoms with Crippen LogP contribution in [0, 0.1) is 12.8 Å². The van der Waals surface area contributed by atoms with Gasteiger partial charge in [0.1, 0.15) is 5.82 Å². The van der Waals surface area contributed by atoms with Gasteiger partial charge in [0.15, 0.2) is 6.39 Å². The van der Waals surface area contributed by atoms with Crippen molar-refractivity contribution in [3.63, 3.8) is 0 Å². The quantitative estimate of drug-likeness (QED) is 0.619. The molecular weight excluding hydrogens is 422 g/mol. The first-order valence-corrected chi connectivity index (χ1v) is 11.4. The molecule has 0 bridgehead atoms. The Labute approximate surface area is 190 Å². The van der Waals surface area contributed by atoms with Gasteiger partial charge in [-0.05, 0) is 68.2 Å². The zero-order valence-corrected chi connectivity index (χ0v) is 18.6. The van der Waals surface area contributed by atoms with Gasteiger partial charge in [-0.2, -0.15) is 0 Å². The molecule has 3 heterocycles. The smallest absolute Gasteiger partial charge is 0.329 e. The SMILES string of the molecule is Cc1ncoc1C(=O)N1CCCC(Cn2c(=O)cc(Nc3ccc4c(c3)CCC4)[nH]c2=O)C1. The summed E-state index contributed by atoms with van der Waals surface area (Å²) >= 11 is 0. The van der Waals surface area contributed by atoms with Crippen LogP contribution in [0.25, 0.3) is 0 Å². The summed E-state index contributed by atoms with van der Waals surface area (Å²) < 4.78 is 6.45. The van der Waals surface area contributed by atoms with Crippen LogP contribution in [0.4, 0.5) is 11.5 Å². The van der Waals surface area contributed by atoms with Crippen LogP contribution >= 0.6 is 0 Å². The van der Waals surface area contributed by atoms with E-state index in [1.807, 2.05) is 6.07 Å². The normalized spacial score (nSPS) is 17.7. The Bertz CT molecular complexity index is 1270. The third-order valence-electron chi connectivity index (χ3n) is 6.58. The Kier molecular flexibility index (Phi) is 5.62. The van der Waals surface area contributed by atoms with Gasteiger partial charge in [-0.25, -0.2) is 9.78 Å². The Morgan fingerprint density at radius 3 is 2.85 bits per heavy atom. The van der Waals surface area contributed by atoms with Crippen LogP contribution in [-0.2, 0) is 19.4 Å². The number of benzene rings is 1. The molecule has 172 valence electrons. The molecule has 2 aromatic heterocycles. The summed E-state index contributed by atoms with van der Waals surface area (Å²) in [6.07, 6.45) is 6.22. The van der Waals surface area contributed by atoms with Gasteiger partial charge in [-0.15, -0.1) is 0 Å². The number of fused-ring (bicyclic) bond motifs is 1. The number of piperidine rings is 1. The molecule has 1 saturated heterocycles. The lowest BCUT2D eigenvalue weighted by molar-refractivity contribution is 0.0628. The molecule has 3 aromatic rings. The highest BCUT2D eigenvalue weighted by atomic mass is 16.3. The van der Waals surface area contributed by atoms with E-state index >= 15 is 0 Å². The highest BCUT2D eigenvalue weighted by molar-refractivity contribution is 5.92. The van der Waals surface area contributed by atoms with Crippen molar-refractivity contribution in [1.82, 2.24) is 19.4 Å². The van der Waals surface area contributed by atoms with Crippen LogP contribution in [0.5, 0.6) is 0 Å². The average Bonchev–Trinajstić information content (AvgIpc) is 3.44. The van der Waals surface area contributed by atoms with E-state index in [1.165, 1.54) is 28.2 Å². The summed E-state index contributed by atoms with van der Waals surface area (Å²) in [5, 5.41) is 3.15. The zero-order valence-electron chi connectivity index (χ0n) is 18.6. The van der Waals surface area contributed by atoms with Crippen molar-refractivity contribution in [1.29, 1.82) is 0 Å². The molecule has 1 fully saturated rings. The number of amides is 1. The molecular formula is C24H27N5O4. The zero-order chi connectivity index (χ0) is 22.9. The van der Waals surface area contributed by atoms with E-state index in [1.54, 1.807) is 11.8 Å². The van der Waals surface area contributed by atoms with Crippen LogP contribution in [0.2, 0.25) is 0 Å². The Hall–Kier alpha value is -3.62. The molecule has 0 saturated carbocycles. The number of aromatic amines is 1. The van der Waals surface area contributed by atoms with Crippen molar-refractivity contribution in [3.8, 4) is 0 Å². The largest absolute Gasteiger partial charge is 0.438 e. The lowest BCUT2D eigenvalue weighted by Crippen LogP contribution is -2.44. The summed E-state index contributed by atoms with van der Waals surface area (Å²) in [6, 6.07) is 7.56. The lowest BCUT2D eigenvalue weighted by atomic mass is 9.97. The molecule has 1 aliphatic heterocycles. The second kappa shape index (κ2) is 8.73. The second-order valence-corrected chi connectivity index (χ2v) is 8.93. The van der Waals surface area contributed by atoms with Gasteiger partial charge < -0.3 is 14.6 Å². The molecule has 0 spiro atoms. The number of likely N-dealkylation sites (tertiary alicyclic amines) is 1. The molecule has 5 rings (SSSR count). The Morgan fingerprint density at radius 2 is 2.06 bits per heavy atom. The fraction of sp³-hybridized carbons (Fsp3) is 0.417. The molecule has 0 radical (unpaired) electrons. The Morgan fingerprint density at radius 1 is 1.21 bits per heavy atom. The van der Waals surface area contributed by atoms with Crippen molar-refractivity contribution >= 4 is 17.4 Å². The molecule has 9 nitrogen and oxygen atoms in total. The number of hydrogen-bond acceptors (Lipinski definition) is 6.